The summed E-state index contributed by atoms with van der Waals surface area (Å²) in [5, 5.41) is 0. The Morgan fingerprint density at radius 3 is 2.41 bits per heavy atom. The monoisotopic (exact) mass is 302 g/mol. The van der Waals surface area contributed by atoms with Crippen molar-refractivity contribution in [3.63, 3.8) is 0 Å². The Hall–Kier alpha value is -1.12. The third kappa shape index (κ3) is 4.44. The van der Waals surface area contributed by atoms with Gasteiger partial charge in [-0.2, -0.15) is 0 Å². The van der Waals surface area contributed by atoms with Crippen LogP contribution in [0.25, 0.3) is 0 Å². The van der Waals surface area contributed by atoms with Crippen LogP contribution < -0.4 is 0 Å². The molecule has 1 fully saturated rings. The van der Waals surface area contributed by atoms with E-state index in [0.29, 0.717) is 11.8 Å². The van der Waals surface area contributed by atoms with Gasteiger partial charge in [-0.15, -0.1) is 0 Å². The standard InChI is InChI=1S/C20H30O2/c1-14(2)19-16(4)18(21-20(5,6)22-19)13-15(3)12-17-10-8-7-9-11-17/h7-11,14,16,18-19H,3,12-13H2,1-2,4-6H3/t16-,18+,19-/m0/s1. The van der Waals surface area contributed by atoms with Gasteiger partial charge in [0, 0.05) is 5.92 Å². The van der Waals surface area contributed by atoms with Crippen LogP contribution in [-0.4, -0.2) is 18.0 Å². The molecule has 1 aromatic carbocycles. The molecule has 2 nitrogen and oxygen atoms in total. The smallest absolute Gasteiger partial charge is 0.163 e. The number of hydrogen-bond donors (Lipinski definition) is 0. The Morgan fingerprint density at radius 2 is 1.82 bits per heavy atom. The van der Waals surface area contributed by atoms with Gasteiger partial charge in [0.1, 0.15) is 0 Å². The molecular formula is C20H30O2. The fourth-order valence-electron chi connectivity index (χ4n) is 3.36. The van der Waals surface area contributed by atoms with Crippen LogP contribution in [0.1, 0.15) is 46.6 Å². The summed E-state index contributed by atoms with van der Waals surface area (Å²) in [4.78, 5) is 0. The van der Waals surface area contributed by atoms with Crippen molar-refractivity contribution in [2.75, 3.05) is 0 Å². The Balaban J connectivity index is 2.02. The third-order valence-corrected chi connectivity index (χ3v) is 4.40. The van der Waals surface area contributed by atoms with Crippen molar-refractivity contribution in [2.45, 2.75) is 65.5 Å². The summed E-state index contributed by atoms with van der Waals surface area (Å²) in [6, 6.07) is 10.5. The fourth-order valence-corrected chi connectivity index (χ4v) is 3.36. The predicted octanol–water partition coefficient (Wildman–Crippen LogP) is 4.99. The Morgan fingerprint density at radius 1 is 1.18 bits per heavy atom. The van der Waals surface area contributed by atoms with E-state index in [0.717, 1.165) is 12.8 Å². The van der Waals surface area contributed by atoms with Crippen LogP contribution in [0.5, 0.6) is 0 Å². The summed E-state index contributed by atoms with van der Waals surface area (Å²) in [5.74, 6) is 0.350. The molecule has 0 aliphatic carbocycles. The van der Waals surface area contributed by atoms with E-state index in [4.69, 9.17) is 9.47 Å². The van der Waals surface area contributed by atoms with Crippen LogP contribution in [0.3, 0.4) is 0 Å². The molecule has 2 rings (SSSR count). The highest BCUT2D eigenvalue weighted by atomic mass is 16.7. The van der Waals surface area contributed by atoms with Crippen molar-refractivity contribution in [3.05, 3.63) is 48.0 Å². The molecule has 122 valence electrons. The van der Waals surface area contributed by atoms with Crippen LogP contribution >= 0.6 is 0 Å². The summed E-state index contributed by atoms with van der Waals surface area (Å²) in [6.07, 6.45) is 2.22. The van der Waals surface area contributed by atoms with Crippen molar-refractivity contribution in [2.24, 2.45) is 11.8 Å². The van der Waals surface area contributed by atoms with E-state index in [2.05, 4.69) is 51.6 Å². The largest absolute Gasteiger partial charge is 0.347 e. The second-order valence-corrected chi connectivity index (χ2v) is 7.36. The van der Waals surface area contributed by atoms with Gasteiger partial charge in [0.2, 0.25) is 0 Å². The summed E-state index contributed by atoms with van der Waals surface area (Å²) in [5.41, 5.74) is 2.54. The molecule has 0 bridgehead atoms. The lowest BCUT2D eigenvalue weighted by Crippen LogP contribution is -2.51. The first-order valence-corrected chi connectivity index (χ1v) is 8.34. The van der Waals surface area contributed by atoms with Gasteiger partial charge < -0.3 is 9.47 Å². The van der Waals surface area contributed by atoms with Gasteiger partial charge in [-0.1, -0.05) is 63.3 Å². The SMILES string of the molecule is C=C(Cc1ccccc1)C[C@H]1OC(C)(C)O[C@@H](C(C)C)[C@H]1C. The maximum Gasteiger partial charge on any atom is 0.163 e. The number of rotatable bonds is 5. The second-order valence-electron chi connectivity index (χ2n) is 7.36. The van der Waals surface area contributed by atoms with E-state index < -0.39 is 5.79 Å². The highest BCUT2D eigenvalue weighted by Gasteiger charge is 2.41. The van der Waals surface area contributed by atoms with E-state index in [9.17, 15) is 0 Å². The van der Waals surface area contributed by atoms with Crippen molar-refractivity contribution in [1.82, 2.24) is 0 Å². The van der Waals surface area contributed by atoms with Crippen molar-refractivity contribution in [1.29, 1.82) is 0 Å². The van der Waals surface area contributed by atoms with Gasteiger partial charge in [0.15, 0.2) is 5.79 Å². The molecule has 0 radical (unpaired) electrons. The number of hydrogen-bond acceptors (Lipinski definition) is 2. The third-order valence-electron chi connectivity index (χ3n) is 4.40. The minimum atomic E-state index is -0.515. The molecule has 0 aromatic heterocycles. The topological polar surface area (TPSA) is 18.5 Å². The highest BCUT2D eigenvalue weighted by Crippen LogP contribution is 2.36. The van der Waals surface area contributed by atoms with Gasteiger partial charge in [-0.3, -0.25) is 0 Å². The van der Waals surface area contributed by atoms with E-state index in [1.54, 1.807) is 0 Å². The van der Waals surface area contributed by atoms with Gasteiger partial charge >= 0.3 is 0 Å². The van der Waals surface area contributed by atoms with Crippen LogP contribution in [0.15, 0.2) is 42.5 Å². The van der Waals surface area contributed by atoms with Crippen LogP contribution in [0.2, 0.25) is 0 Å². The molecule has 1 saturated heterocycles. The molecular weight excluding hydrogens is 272 g/mol. The van der Waals surface area contributed by atoms with Crippen molar-refractivity contribution < 1.29 is 9.47 Å². The van der Waals surface area contributed by atoms with Gasteiger partial charge in [-0.05, 0) is 38.2 Å². The molecule has 1 aliphatic heterocycles. The van der Waals surface area contributed by atoms with E-state index in [1.165, 1.54) is 11.1 Å². The second kappa shape index (κ2) is 6.97. The minimum absolute atomic E-state index is 0.173. The van der Waals surface area contributed by atoms with E-state index in [1.807, 2.05) is 19.9 Å². The lowest BCUT2D eigenvalue weighted by molar-refractivity contribution is -0.325. The fraction of sp³-hybridized carbons (Fsp3) is 0.600. The predicted molar refractivity (Wildman–Crippen MR) is 91.7 cm³/mol. The first kappa shape index (κ1) is 17.2. The number of benzene rings is 1. The normalized spacial score (nSPS) is 27.8. The molecule has 1 aliphatic rings. The van der Waals surface area contributed by atoms with Crippen LogP contribution in [0, 0.1) is 11.8 Å². The van der Waals surface area contributed by atoms with E-state index in [-0.39, 0.29) is 12.2 Å². The minimum Gasteiger partial charge on any atom is -0.347 e. The molecule has 2 heteroatoms. The highest BCUT2D eigenvalue weighted by molar-refractivity contribution is 5.21. The molecule has 0 saturated carbocycles. The molecule has 1 aromatic rings. The van der Waals surface area contributed by atoms with Crippen LogP contribution in [0.4, 0.5) is 0 Å². The van der Waals surface area contributed by atoms with Crippen LogP contribution in [-0.2, 0) is 15.9 Å². The summed E-state index contributed by atoms with van der Waals surface area (Å²) >= 11 is 0. The van der Waals surface area contributed by atoms with Crippen molar-refractivity contribution >= 4 is 0 Å². The number of ether oxygens (including phenoxy) is 2. The van der Waals surface area contributed by atoms with Gasteiger partial charge in [0.05, 0.1) is 12.2 Å². The Kier molecular flexibility index (Phi) is 5.46. The Bertz CT molecular complexity index is 490. The first-order chi connectivity index (χ1) is 10.3. The molecule has 0 unspecified atom stereocenters. The molecule has 0 spiro atoms. The maximum atomic E-state index is 6.19. The zero-order valence-electron chi connectivity index (χ0n) is 14.6. The van der Waals surface area contributed by atoms with Gasteiger partial charge in [-0.25, -0.2) is 0 Å². The molecule has 0 N–H and O–H groups in total. The quantitative estimate of drug-likeness (QED) is 0.714. The zero-order valence-corrected chi connectivity index (χ0v) is 14.6. The lowest BCUT2D eigenvalue weighted by atomic mass is 9.85. The zero-order chi connectivity index (χ0) is 16.3. The van der Waals surface area contributed by atoms with Gasteiger partial charge in [0.25, 0.3) is 0 Å². The lowest BCUT2D eigenvalue weighted by Gasteiger charge is -2.46. The maximum absolute atomic E-state index is 6.19. The first-order valence-electron chi connectivity index (χ1n) is 8.34. The summed E-state index contributed by atoms with van der Waals surface area (Å²) < 4.78 is 12.3. The molecule has 1 heterocycles. The Labute approximate surface area is 135 Å². The van der Waals surface area contributed by atoms with E-state index >= 15 is 0 Å². The average molecular weight is 302 g/mol. The molecule has 0 amide bonds. The summed E-state index contributed by atoms with van der Waals surface area (Å²) in [6.45, 7) is 15.0. The van der Waals surface area contributed by atoms with Crippen molar-refractivity contribution in [3.8, 4) is 0 Å². The molecule has 3 atom stereocenters. The summed E-state index contributed by atoms with van der Waals surface area (Å²) in [7, 11) is 0. The average Bonchev–Trinajstić information content (AvgIpc) is 2.43. The molecule has 22 heavy (non-hydrogen) atoms.